The smallest absolute Gasteiger partial charge is 0.349 e. The lowest BCUT2D eigenvalue weighted by Gasteiger charge is -2.15. The quantitative estimate of drug-likeness (QED) is 0.430. The van der Waals surface area contributed by atoms with E-state index in [0.29, 0.717) is 5.39 Å². The highest BCUT2D eigenvalue weighted by Crippen LogP contribution is 2.21. The topological polar surface area (TPSA) is 102 Å². The molecule has 27 heavy (non-hydrogen) atoms. The summed E-state index contributed by atoms with van der Waals surface area (Å²) in [5, 5.41) is 14.0. The molecule has 0 unspecified atom stereocenters. The molecule has 0 aliphatic heterocycles. The maximum atomic E-state index is 12.6. The average Bonchev–Trinajstić information content (AvgIpc) is 2.62. The average molecular weight is 366 g/mol. The maximum absolute atomic E-state index is 12.6. The van der Waals surface area contributed by atoms with Crippen LogP contribution in [0.2, 0.25) is 0 Å². The van der Waals surface area contributed by atoms with E-state index in [9.17, 15) is 19.7 Å². The molecule has 0 saturated carbocycles. The number of hydrogen-bond acceptors (Lipinski definition) is 5. The largest absolute Gasteiger partial charge is 0.422 e. The molecule has 138 valence electrons. The number of nitrogens with one attached hydrogen (secondary N) is 1. The number of benzene rings is 2. The second-order valence-electron chi connectivity index (χ2n) is 6.47. The van der Waals surface area contributed by atoms with Crippen LogP contribution in [0.5, 0.6) is 0 Å². The van der Waals surface area contributed by atoms with Gasteiger partial charge in [0.15, 0.2) is 0 Å². The van der Waals surface area contributed by atoms with E-state index in [0.717, 1.165) is 16.7 Å². The summed E-state index contributed by atoms with van der Waals surface area (Å²) in [6, 6.07) is 10.7. The van der Waals surface area contributed by atoms with Crippen molar-refractivity contribution in [2.24, 2.45) is 0 Å². The first-order valence-corrected chi connectivity index (χ1v) is 8.36. The number of nitro groups is 1. The first-order chi connectivity index (χ1) is 12.8. The summed E-state index contributed by atoms with van der Waals surface area (Å²) in [5.74, 6) is -0.595. The highest BCUT2D eigenvalue weighted by atomic mass is 16.6. The predicted molar refractivity (Wildman–Crippen MR) is 101 cm³/mol. The second kappa shape index (κ2) is 7.03. The molecule has 0 aliphatic rings. The highest BCUT2D eigenvalue weighted by Gasteiger charge is 2.18. The Morgan fingerprint density at radius 2 is 1.85 bits per heavy atom. The van der Waals surface area contributed by atoms with Gasteiger partial charge in [0.1, 0.15) is 11.1 Å². The molecule has 0 saturated heterocycles. The van der Waals surface area contributed by atoms with E-state index in [2.05, 4.69) is 5.32 Å². The van der Waals surface area contributed by atoms with Crippen LogP contribution < -0.4 is 10.9 Å². The maximum Gasteiger partial charge on any atom is 0.349 e. The van der Waals surface area contributed by atoms with E-state index in [1.807, 2.05) is 39.0 Å². The van der Waals surface area contributed by atoms with Crippen molar-refractivity contribution in [3.63, 3.8) is 0 Å². The Kier molecular flexibility index (Phi) is 4.77. The summed E-state index contributed by atoms with van der Waals surface area (Å²) < 4.78 is 5.13. The van der Waals surface area contributed by atoms with Crippen molar-refractivity contribution in [3.8, 4) is 0 Å². The van der Waals surface area contributed by atoms with Crippen LogP contribution >= 0.6 is 0 Å². The molecule has 0 fully saturated rings. The summed E-state index contributed by atoms with van der Waals surface area (Å²) in [7, 11) is 0. The van der Waals surface area contributed by atoms with Crippen LogP contribution in [0.1, 0.15) is 40.0 Å². The first kappa shape index (κ1) is 18.3. The summed E-state index contributed by atoms with van der Waals surface area (Å²) in [4.78, 5) is 35.1. The number of fused-ring (bicyclic) bond motifs is 1. The number of aryl methyl sites for hydroxylation is 2. The van der Waals surface area contributed by atoms with Gasteiger partial charge in [0.05, 0.1) is 11.0 Å². The number of carbonyl (C=O) groups excluding carboxylic acids is 1. The Hall–Kier alpha value is -3.48. The normalized spacial score (nSPS) is 12.0. The molecule has 1 heterocycles. The summed E-state index contributed by atoms with van der Waals surface area (Å²) >= 11 is 0. The van der Waals surface area contributed by atoms with E-state index in [1.54, 1.807) is 0 Å². The summed E-state index contributed by atoms with van der Waals surface area (Å²) in [6.45, 7) is 5.80. The summed E-state index contributed by atoms with van der Waals surface area (Å²) in [6.07, 6.45) is 0. The molecule has 7 nitrogen and oxygen atoms in total. The van der Waals surface area contributed by atoms with Gasteiger partial charge in [0, 0.05) is 17.5 Å². The molecule has 1 N–H and O–H groups in total. The number of nitro benzene ring substituents is 1. The van der Waals surface area contributed by atoms with Crippen molar-refractivity contribution < 1.29 is 14.1 Å². The number of amides is 1. The van der Waals surface area contributed by atoms with E-state index in [1.165, 1.54) is 24.3 Å². The first-order valence-electron chi connectivity index (χ1n) is 8.36. The molecule has 3 aromatic rings. The van der Waals surface area contributed by atoms with Crippen LogP contribution in [-0.2, 0) is 0 Å². The van der Waals surface area contributed by atoms with Crippen molar-refractivity contribution in [3.05, 3.63) is 85.3 Å². The van der Waals surface area contributed by atoms with Gasteiger partial charge in [0.25, 0.3) is 11.6 Å². The third-order valence-corrected chi connectivity index (χ3v) is 4.55. The fourth-order valence-electron chi connectivity index (χ4n) is 2.77. The van der Waals surface area contributed by atoms with Gasteiger partial charge >= 0.3 is 5.63 Å². The van der Waals surface area contributed by atoms with Crippen molar-refractivity contribution in [1.82, 2.24) is 5.32 Å². The second-order valence-corrected chi connectivity index (χ2v) is 6.47. The van der Waals surface area contributed by atoms with Crippen LogP contribution in [0.4, 0.5) is 5.69 Å². The zero-order valence-corrected chi connectivity index (χ0v) is 15.1. The van der Waals surface area contributed by atoms with Crippen LogP contribution in [0.25, 0.3) is 11.0 Å². The lowest BCUT2D eigenvalue weighted by Crippen LogP contribution is -2.30. The van der Waals surface area contributed by atoms with Crippen molar-refractivity contribution in [2.75, 3.05) is 0 Å². The van der Waals surface area contributed by atoms with Crippen LogP contribution in [0, 0.1) is 24.0 Å². The number of non-ortho nitro benzene ring substituents is 1. The van der Waals surface area contributed by atoms with E-state index in [4.69, 9.17) is 4.42 Å². The van der Waals surface area contributed by atoms with Gasteiger partial charge in [0.2, 0.25) is 0 Å². The molecule has 0 radical (unpaired) electrons. The third-order valence-electron chi connectivity index (χ3n) is 4.55. The molecule has 0 spiro atoms. The number of carbonyl (C=O) groups is 1. The van der Waals surface area contributed by atoms with E-state index >= 15 is 0 Å². The number of nitrogens with zero attached hydrogens (tertiary/aromatic N) is 1. The van der Waals surface area contributed by atoms with Crippen LogP contribution in [0.3, 0.4) is 0 Å². The zero-order valence-electron chi connectivity index (χ0n) is 15.1. The molecule has 2 aromatic carbocycles. The predicted octanol–water partition coefficient (Wildman–Crippen LogP) is 3.81. The molecule has 0 bridgehead atoms. The number of hydrogen-bond donors (Lipinski definition) is 1. The Morgan fingerprint density at radius 1 is 1.11 bits per heavy atom. The van der Waals surface area contributed by atoms with Gasteiger partial charge in [-0.1, -0.05) is 18.2 Å². The SMILES string of the molecule is Cc1ccc([C@H](C)NC(=O)c2cc3cc([N+](=O)[O-])ccc3oc2=O)cc1C. The van der Waals surface area contributed by atoms with E-state index in [-0.39, 0.29) is 22.9 Å². The molecule has 3 rings (SSSR count). The molecule has 1 atom stereocenters. The van der Waals surface area contributed by atoms with Gasteiger partial charge in [-0.05, 0) is 49.6 Å². The number of rotatable bonds is 4. The minimum atomic E-state index is -0.791. The monoisotopic (exact) mass is 366 g/mol. The Morgan fingerprint density at radius 3 is 2.52 bits per heavy atom. The lowest BCUT2D eigenvalue weighted by atomic mass is 10.0. The molecule has 0 aliphatic carbocycles. The van der Waals surface area contributed by atoms with Gasteiger partial charge in [-0.15, -0.1) is 0 Å². The van der Waals surface area contributed by atoms with Crippen LogP contribution in [-0.4, -0.2) is 10.8 Å². The molecule has 1 aromatic heterocycles. The minimum Gasteiger partial charge on any atom is -0.422 e. The van der Waals surface area contributed by atoms with Gasteiger partial charge < -0.3 is 9.73 Å². The fourth-order valence-corrected chi connectivity index (χ4v) is 2.77. The summed E-state index contributed by atoms with van der Waals surface area (Å²) in [5.41, 5.74) is 2.21. The van der Waals surface area contributed by atoms with E-state index < -0.39 is 16.5 Å². The van der Waals surface area contributed by atoms with Crippen molar-refractivity contribution in [1.29, 1.82) is 0 Å². The van der Waals surface area contributed by atoms with Crippen molar-refractivity contribution >= 4 is 22.6 Å². The molecule has 1 amide bonds. The zero-order chi connectivity index (χ0) is 19.7. The Labute approximate surface area is 154 Å². The highest BCUT2D eigenvalue weighted by molar-refractivity contribution is 5.97. The van der Waals surface area contributed by atoms with Crippen molar-refractivity contribution in [2.45, 2.75) is 26.8 Å². The lowest BCUT2D eigenvalue weighted by molar-refractivity contribution is -0.384. The van der Waals surface area contributed by atoms with Crippen LogP contribution in [0.15, 0.2) is 51.7 Å². The van der Waals surface area contributed by atoms with Gasteiger partial charge in [-0.25, -0.2) is 4.79 Å². The molecular formula is C20H18N2O5. The minimum absolute atomic E-state index is 0.147. The molecule has 7 heteroatoms. The van der Waals surface area contributed by atoms with Gasteiger partial charge in [-0.2, -0.15) is 0 Å². The third kappa shape index (κ3) is 3.72. The van der Waals surface area contributed by atoms with Gasteiger partial charge in [-0.3, -0.25) is 14.9 Å². The standard InChI is InChI=1S/C20H18N2O5/c1-11-4-5-14(8-12(11)2)13(3)21-19(23)17-10-15-9-16(22(25)26)6-7-18(15)27-20(17)24/h4-10,13H,1-3H3,(H,21,23)/t13-/m0/s1. The Balaban J connectivity index is 1.92. The Bertz CT molecular complexity index is 1120. The fraction of sp³-hybridized carbons (Fsp3) is 0.200. The molecular weight excluding hydrogens is 348 g/mol.